The molecule has 0 aromatic heterocycles. The minimum absolute atomic E-state index is 0.182. The lowest BCUT2D eigenvalue weighted by Crippen LogP contribution is -2.25. The lowest BCUT2D eigenvalue weighted by Gasteiger charge is -2.11. The van der Waals surface area contributed by atoms with E-state index in [9.17, 15) is 4.79 Å². The monoisotopic (exact) mass is 167 g/mol. The van der Waals surface area contributed by atoms with Crippen molar-refractivity contribution in [2.75, 3.05) is 13.1 Å². The number of carbonyl (C=O) groups is 1. The molecule has 1 aliphatic rings. The molecule has 0 radical (unpaired) electrons. The second kappa shape index (κ2) is 4.29. The van der Waals surface area contributed by atoms with E-state index >= 15 is 0 Å². The van der Waals surface area contributed by atoms with Gasteiger partial charge in [0.25, 0.3) is 0 Å². The van der Waals surface area contributed by atoms with Crippen LogP contribution in [0.2, 0.25) is 0 Å². The Hall–Kier alpha value is -0.790. The molecule has 12 heavy (non-hydrogen) atoms. The largest absolute Gasteiger partial charge is 0.339 e. The molecule has 2 nitrogen and oxygen atoms in total. The minimum atomic E-state index is 0.182. The SMILES string of the molecule is CC(C)/C=C/C(=O)N1CCCC1. The molecule has 1 heterocycles. The van der Waals surface area contributed by atoms with Gasteiger partial charge in [-0.15, -0.1) is 0 Å². The number of allylic oxidation sites excluding steroid dienone is 1. The molecule has 0 saturated carbocycles. The van der Waals surface area contributed by atoms with Crippen LogP contribution in [0.1, 0.15) is 26.7 Å². The van der Waals surface area contributed by atoms with Gasteiger partial charge in [-0.05, 0) is 24.8 Å². The summed E-state index contributed by atoms with van der Waals surface area (Å²) >= 11 is 0. The highest BCUT2D eigenvalue weighted by Crippen LogP contribution is 2.08. The van der Waals surface area contributed by atoms with Gasteiger partial charge in [0.2, 0.25) is 5.91 Å². The van der Waals surface area contributed by atoms with Crippen LogP contribution in [0.25, 0.3) is 0 Å². The number of nitrogens with zero attached hydrogens (tertiary/aromatic N) is 1. The quantitative estimate of drug-likeness (QED) is 0.574. The summed E-state index contributed by atoms with van der Waals surface area (Å²) in [5.41, 5.74) is 0. The molecule has 1 fully saturated rings. The van der Waals surface area contributed by atoms with Crippen molar-refractivity contribution in [2.45, 2.75) is 26.7 Å². The van der Waals surface area contributed by atoms with Gasteiger partial charge in [0, 0.05) is 13.1 Å². The summed E-state index contributed by atoms with van der Waals surface area (Å²) in [6.07, 6.45) is 6.00. The predicted molar refractivity (Wildman–Crippen MR) is 49.8 cm³/mol. The summed E-state index contributed by atoms with van der Waals surface area (Å²) in [6.45, 7) is 6.05. The Morgan fingerprint density at radius 3 is 2.42 bits per heavy atom. The first kappa shape index (κ1) is 9.30. The normalized spacial score (nSPS) is 18.1. The maximum absolute atomic E-state index is 11.4. The van der Waals surface area contributed by atoms with Crippen molar-refractivity contribution in [3.05, 3.63) is 12.2 Å². The number of hydrogen-bond donors (Lipinski definition) is 0. The van der Waals surface area contributed by atoms with E-state index in [1.165, 1.54) is 12.8 Å². The van der Waals surface area contributed by atoms with Crippen LogP contribution in [0, 0.1) is 5.92 Å². The molecule has 1 saturated heterocycles. The van der Waals surface area contributed by atoms with Crippen molar-refractivity contribution in [3.8, 4) is 0 Å². The van der Waals surface area contributed by atoms with E-state index in [0.29, 0.717) is 5.92 Å². The highest BCUT2D eigenvalue weighted by atomic mass is 16.2. The first-order chi connectivity index (χ1) is 5.70. The Morgan fingerprint density at radius 1 is 1.33 bits per heavy atom. The molecule has 0 unspecified atom stereocenters. The van der Waals surface area contributed by atoms with Gasteiger partial charge in [0.15, 0.2) is 0 Å². The van der Waals surface area contributed by atoms with Crippen molar-refractivity contribution in [2.24, 2.45) is 5.92 Å². The average molecular weight is 167 g/mol. The van der Waals surface area contributed by atoms with Crippen LogP contribution in [0.4, 0.5) is 0 Å². The van der Waals surface area contributed by atoms with Crippen molar-refractivity contribution in [3.63, 3.8) is 0 Å². The van der Waals surface area contributed by atoms with Gasteiger partial charge in [-0.3, -0.25) is 4.79 Å². The molecule has 0 atom stereocenters. The molecule has 0 aromatic rings. The van der Waals surface area contributed by atoms with Crippen LogP contribution in [0.15, 0.2) is 12.2 Å². The second-order valence-electron chi connectivity index (χ2n) is 3.64. The molecular formula is C10H17NO. The predicted octanol–water partition coefficient (Wildman–Crippen LogP) is 1.82. The molecular weight excluding hydrogens is 150 g/mol. The third-order valence-electron chi connectivity index (χ3n) is 2.04. The van der Waals surface area contributed by atoms with Crippen molar-refractivity contribution in [1.82, 2.24) is 4.90 Å². The summed E-state index contributed by atoms with van der Waals surface area (Å²) in [5, 5.41) is 0. The number of carbonyl (C=O) groups excluding carboxylic acids is 1. The smallest absolute Gasteiger partial charge is 0.246 e. The molecule has 0 aromatic carbocycles. The zero-order valence-electron chi connectivity index (χ0n) is 7.92. The molecule has 2 heteroatoms. The van der Waals surface area contributed by atoms with Gasteiger partial charge in [-0.2, -0.15) is 0 Å². The van der Waals surface area contributed by atoms with Crippen LogP contribution in [-0.2, 0) is 4.79 Å². The number of amides is 1. The highest BCUT2D eigenvalue weighted by molar-refractivity contribution is 5.87. The summed E-state index contributed by atoms with van der Waals surface area (Å²) in [4.78, 5) is 13.3. The van der Waals surface area contributed by atoms with Gasteiger partial charge in [-0.25, -0.2) is 0 Å². The van der Waals surface area contributed by atoms with Crippen molar-refractivity contribution >= 4 is 5.91 Å². The van der Waals surface area contributed by atoms with Crippen LogP contribution in [0.5, 0.6) is 0 Å². The Bertz CT molecular complexity index is 178. The molecule has 1 amide bonds. The lowest BCUT2D eigenvalue weighted by molar-refractivity contribution is -0.125. The molecule has 0 N–H and O–H groups in total. The van der Waals surface area contributed by atoms with E-state index in [-0.39, 0.29) is 5.91 Å². The summed E-state index contributed by atoms with van der Waals surface area (Å²) < 4.78 is 0. The van der Waals surface area contributed by atoms with Crippen molar-refractivity contribution < 1.29 is 4.79 Å². The van der Waals surface area contributed by atoms with Gasteiger partial charge in [0.1, 0.15) is 0 Å². The summed E-state index contributed by atoms with van der Waals surface area (Å²) in [5.74, 6) is 0.651. The van der Waals surface area contributed by atoms with E-state index in [1.54, 1.807) is 6.08 Å². The van der Waals surface area contributed by atoms with Crippen LogP contribution < -0.4 is 0 Å². The fraction of sp³-hybridized carbons (Fsp3) is 0.700. The molecule has 68 valence electrons. The molecule has 0 bridgehead atoms. The zero-order valence-corrected chi connectivity index (χ0v) is 7.92. The third-order valence-corrected chi connectivity index (χ3v) is 2.04. The van der Waals surface area contributed by atoms with Gasteiger partial charge in [0.05, 0.1) is 0 Å². The number of likely N-dealkylation sites (tertiary alicyclic amines) is 1. The zero-order chi connectivity index (χ0) is 8.97. The van der Waals surface area contributed by atoms with Crippen LogP contribution >= 0.6 is 0 Å². The van der Waals surface area contributed by atoms with Crippen LogP contribution in [-0.4, -0.2) is 23.9 Å². The maximum atomic E-state index is 11.4. The van der Waals surface area contributed by atoms with Gasteiger partial charge < -0.3 is 4.90 Å². The third kappa shape index (κ3) is 2.68. The Labute approximate surface area is 74.2 Å². The van der Waals surface area contributed by atoms with Gasteiger partial charge in [-0.1, -0.05) is 19.9 Å². The molecule has 1 aliphatic heterocycles. The maximum Gasteiger partial charge on any atom is 0.246 e. The molecule has 0 spiro atoms. The van der Waals surface area contributed by atoms with Crippen LogP contribution in [0.3, 0.4) is 0 Å². The first-order valence-corrected chi connectivity index (χ1v) is 4.67. The lowest BCUT2D eigenvalue weighted by atomic mass is 10.2. The van der Waals surface area contributed by atoms with E-state index in [4.69, 9.17) is 0 Å². The minimum Gasteiger partial charge on any atom is -0.339 e. The number of rotatable bonds is 2. The topological polar surface area (TPSA) is 20.3 Å². The number of hydrogen-bond acceptors (Lipinski definition) is 1. The Morgan fingerprint density at radius 2 is 1.92 bits per heavy atom. The molecule has 0 aliphatic carbocycles. The van der Waals surface area contributed by atoms with Crippen molar-refractivity contribution in [1.29, 1.82) is 0 Å². The van der Waals surface area contributed by atoms with E-state index in [1.807, 2.05) is 11.0 Å². The first-order valence-electron chi connectivity index (χ1n) is 4.67. The summed E-state index contributed by atoms with van der Waals surface area (Å²) in [7, 11) is 0. The average Bonchev–Trinajstić information content (AvgIpc) is 2.51. The fourth-order valence-electron chi connectivity index (χ4n) is 1.32. The Balaban J connectivity index is 2.36. The van der Waals surface area contributed by atoms with E-state index in [2.05, 4.69) is 13.8 Å². The molecule has 1 rings (SSSR count). The van der Waals surface area contributed by atoms with E-state index in [0.717, 1.165) is 13.1 Å². The standard InChI is InChI=1S/C10H17NO/c1-9(2)5-6-10(12)11-7-3-4-8-11/h5-6,9H,3-4,7-8H2,1-2H3/b6-5+. The fourth-order valence-corrected chi connectivity index (χ4v) is 1.32. The Kier molecular flexibility index (Phi) is 3.32. The second-order valence-corrected chi connectivity index (χ2v) is 3.64. The highest BCUT2D eigenvalue weighted by Gasteiger charge is 2.14. The van der Waals surface area contributed by atoms with E-state index < -0.39 is 0 Å². The van der Waals surface area contributed by atoms with Gasteiger partial charge >= 0.3 is 0 Å². The summed E-state index contributed by atoms with van der Waals surface area (Å²) in [6, 6.07) is 0.